The summed E-state index contributed by atoms with van der Waals surface area (Å²) >= 11 is 4.23. The Morgan fingerprint density at radius 3 is 2.91 bits per heavy atom. The van der Waals surface area contributed by atoms with E-state index in [0.717, 1.165) is 25.9 Å². The van der Waals surface area contributed by atoms with Gasteiger partial charge in [0.25, 0.3) is 0 Å². The number of urea groups is 1. The van der Waals surface area contributed by atoms with E-state index in [0.29, 0.717) is 0 Å². The Kier molecular flexibility index (Phi) is 1.69. The molecule has 0 aromatic carbocycles. The summed E-state index contributed by atoms with van der Waals surface area (Å²) in [5, 5.41) is 6.44. The molecule has 4 nitrogen and oxygen atoms in total. The maximum atomic E-state index is 11.1. The minimum atomic E-state index is -0.109. The average Bonchev–Trinajstić information content (AvgIpc) is 2.30. The van der Waals surface area contributed by atoms with Gasteiger partial charge in [-0.3, -0.25) is 5.01 Å². The Morgan fingerprint density at radius 2 is 2.18 bits per heavy atom. The van der Waals surface area contributed by atoms with Crippen molar-refractivity contribution in [2.75, 3.05) is 13.1 Å². The van der Waals surface area contributed by atoms with E-state index in [9.17, 15) is 4.79 Å². The third-order valence-corrected chi connectivity index (χ3v) is 2.48. The molecule has 0 aliphatic carbocycles. The summed E-state index contributed by atoms with van der Waals surface area (Å²) in [4.78, 5) is 11.1. The molecule has 0 bridgehead atoms. The van der Waals surface area contributed by atoms with Gasteiger partial charge in [-0.1, -0.05) is 0 Å². The molecule has 11 heavy (non-hydrogen) atoms. The van der Waals surface area contributed by atoms with Crippen molar-refractivity contribution in [2.24, 2.45) is 0 Å². The smallest absolute Gasteiger partial charge is 0.311 e. The number of amides is 2. The van der Waals surface area contributed by atoms with E-state index < -0.39 is 0 Å². The topological polar surface area (TPSA) is 35.6 Å². The molecule has 2 aliphatic heterocycles. The lowest BCUT2D eigenvalue weighted by molar-refractivity contribution is 0.0173. The van der Waals surface area contributed by atoms with Crippen LogP contribution in [0.3, 0.4) is 0 Å². The zero-order chi connectivity index (χ0) is 7.84. The Labute approximate surface area is 70.9 Å². The van der Waals surface area contributed by atoms with Crippen LogP contribution < -0.4 is 5.32 Å². The van der Waals surface area contributed by atoms with Crippen LogP contribution >= 0.6 is 12.6 Å². The predicted molar refractivity (Wildman–Crippen MR) is 44.0 cm³/mol. The van der Waals surface area contributed by atoms with Gasteiger partial charge in [0.1, 0.15) is 5.50 Å². The molecule has 0 spiro atoms. The van der Waals surface area contributed by atoms with Gasteiger partial charge in [0.2, 0.25) is 0 Å². The molecule has 5 heteroatoms. The van der Waals surface area contributed by atoms with E-state index in [-0.39, 0.29) is 11.5 Å². The number of carbonyl (C=O) groups excluding carboxylic acids is 1. The number of fused-ring (bicyclic) bond motifs is 1. The molecule has 0 radical (unpaired) electrons. The van der Waals surface area contributed by atoms with E-state index >= 15 is 0 Å². The zero-order valence-corrected chi connectivity index (χ0v) is 7.05. The molecule has 0 aromatic heterocycles. The Hall–Kier alpha value is -0.420. The van der Waals surface area contributed by atoms with Crippen molar-refractivity contribution in [3.05, 3.63) is 0 Å². The molecule has 2 rings (SSSR count). The molecule has 1 N–H and O–H groups in total. The molecular weight excluding hydrogens is 162 g/mol. The van der Waals surface area contributed by atoms with Crippen LogP contribution in [0.4, 0.5) is 4.79 Å². The molecule has 1 unspecified atom stereocenters. The van der Waals surface area contributed by atoms with Crippen molar-refractivity contribution in [3.63, 3.8) is 0 Å². The number of hydrogen-bond acceptors (Lipinski definition) is 3. The third-order valence-electron chi connectivity index (χ3n) is 2.09. The van der Waals surface area contributed by atoms with E-state index in [2.05, 4.69) is 17.9 Å². The van der Waals surface area contributed by atoms with Crippen LogP contribution in [0.25, 0.3) is 0 Å². The Morgan fingerprint density at radius 1 is 1.45 bits per heavy atom. The lowest BCUT2D eigenvalue weighted by Gasteiger charge is -2.32. The first-order chi connectivity index (χ1) is 5.29. The highest BCUT2D eigenvalue weighted by molar-refractivity contribution is 7.80. The van der Waals surface area contributed by atoms with Crippen molar-refractivity contribution in [1.29, 1.82) is 0 Å². The predicted octanol–water partition coefficient (Wildman–Crippen LogP) is 0.236. The highest BCUT2D eigenvalue weighted by Gasteiger charge is 2.36. The molecular formula is C6H11N3OS. The summed E-state index contributed by atoms with van der Waals surface area (Å²) in [5.41, 5.74) is -0.109. The minimum Gasteiger partial charge on any atom is -0.311 e. The number of nitrogens with zero attached hydrogens (tertiary/aromatic N) is 2. The number of carbonyl (C=O) groups is 1. The first kappa shape index (κ1) is 7.24. The van der Waals surface area contributed by atoms with Crippen LogP contribution in [0, 0.1) is 0 Å². The van der Waals surface area contributed by atoms with E-state index in [1.165, 1.54) is 0 Å². The summed E-state index contributed by atoms with van der Waals surface area (Å²) in [6.45, 7) is 1.77. The Balaban J connectivity index is 2.13. The van der Waals surface area contributed by atoms with Crippen LogP contribution in [0.15, 0.2) is 0 Å². The third kappa shape index (κ3) is 1.08. The lowest BCUT2D eigenvalue weighted by Crippen LogP contribution is -2.45. The van der Waals surface area contributed by atoms with Crippen LogP contribution in [0.2, 0.25) is 0 Å². The van der Waals surface area contributed by atoms with Gasteiger partial charge >= 0.3 is 6.03 Å². The molecule has 2 aliphatic rings. The van der Waals surface area contributed by atoms with Gasteiger partial charge in [0, 0.05) is 13.1 Å². The zero-order valence-electron chi connectivity index (χ0n) is 6.16. The maximum Gasteiger partial charge on any atom is 0.333 e. The lowest BCUT2D eigenvalue weighted by atomic mass is 10.2. The average molecular weight is 173 g/mol. The van der Waals surface area contributed by atoms with Crippen molar-refractivity contribution in [2.45, 2.75) is 18.3 Å². The van der Waals surface area contributed by atoms with Gasteiger partial charge < -0.3 is 5.32 Å². The normalized spacial score (nSPS) is 31.9. The fourth-order valence-corrected chi connectivity index (χ4v) is 1.87. The number of nitrogens with one attached hydrogen (secondary N) is 1. The maximum absolute atomic E-state index is 11.1. The summed E-state index contributed by atoms with van der Waals surface area (Å²) in [6, 6.07) is -0.00954. The standard InChI is InChI=1S/C6H11N3OS/c10-5-7-6(11)9-4-2-1-3-8(5)9/h6,11H,1-4H2,(H,7,10). The summed E-state index contributed by atoms with van der Waals surface area (Å²) in [5.74, 6) is 0. The van der Waals surface area contributed by atoms with Crippen molar-refractivity contribution in [1.82, 2.24) is 15.3 Å². The van der Waals surface area contributed by atoms with Crippen molar-refractivity contribution >= 4 is 18.7 Å². The molecule has 2 fully saturated rings. The summed E-state index contributed by atoms with van der Waals surface area (Å²) in [6.07, 6.45) is 2.26. The second-order valence-electron chi connectivity index (χ2n) is 2.82. The minimum absolute atomic E-state index is 0.00954. The first-order valence-electron chi connectivity index (χ1n) is 3.82. The van der Waals surface area contributed by atoms with Crippen LogP contribution in [-0.2, 0) is 0 Å². The quantitative estimate of drug-likeness (QED) is 0.515. The van der Waals surface area contributed by atoms with Gasteiger partial charge in [-0.05, 0) is 12.8 Å². The molecule has 0 aromatic rings. The van der Waals surface area contributed by atoms with Gasteiger partial charge in [-0.15, -0.1) is 12.6 Å². The van der Waals surface area contributed by atoms with E-state index in [4.69, 9.17) is 0 Å². The second-order valence-corrected chi connectivity index (χ2v) is 3.31. The van der Waals surface area contributed by atoms with Gasteiger partial charge in [-0.2, -0.15) is 5.01 Å². The number of thiol groups is 1. The highest BCUT2D eigenvalue weighted by Crippen LogP contribution is 2.19. The monoisotopic (exact) mass is 173 g/mol. The Bertz CT molecular complexity index is 187. The summed E-state index contributed by atoms with van der Waals surface area (Å²) < 4.78 is 0. The molecule has 2 amide bonds. The van der Waals surface area contributed by atoms with E-state index in [1.54, 1.807) is 5.01 Å². The van der Waals surface area contributed by atoms with Crippen molar-refractivity contribution in [3.8, 4) is 0 Å². The summed E-state index contributed by atoms with van der Waals surface area (Å²) in [7, 11) is 0. The number of hydrazine groups is 1. The van der Waals surface area contributed by atoms with Crippen LogP contribution in [-0.4, -0.2) is 34.6 Å². The molecule has 2 saturated heterocycles. The fraction of sp³-hybridized carbons (Fsp3) is 0.833. The van der Waals surface area contributed by atoms with Gasteiger partial charge in [0.05, 0.1) is 0 Å². The number of hydrogen-bond donors (Lipinski definition) is 2. The van der Waals surface area contributed by atoms with Crippen molar-refractivity contribution < 1.29 is 4.79 Å². The van der Waals surface area contributed by atoms with Crippen LogP contribution in [0.5, 0.6) is 0 Å². The molecule has 0 saturated carbocycles. The molecule has 62 valence electrons. The van der Waals surface area contributed by atoms with Gasteiger partial charge in [0.15, 0.2) is 0 Å². The largest absolute Gasteiger partial charge is 0.333 e. The van der Waals surface area contributed by atoms with Crippen LogP contribution in [0.1, 0.15) is 12.8 Å². The molecule has 2 heterocycles. The highest BCUT2D eigenvalue weighted by atomic mass is 32.1. The SMILES string of the molecule is O=C1NC(S)N2CCCCN12. The molecule has 1 atom stereocenters. The fourth-order valence-electron chi connectivity index (χ4n) is 1.52. The number of rotatable bonds is 0. The van der Waals surface area contributed by atoms with E-state index in [1.807, 2.05) is 5.01 Å². The second kappa shape index (κ2) is 2.57. The van der Waals surface area contributed by atoms with Gasteiger partial charge in [-0.25, -0.2) is 4.79 Å². The first-order valence-corrected chi connectivity index (χ1v) is 4.33.